The number of pyridine rings is 1. The van der Waals surface area contributed by atoms with E-state index in [-0.39, 0.29) is 0 Å². The normalized spacial score (nSPS) is 10.6. The first-order valence-corrected chi connectivity index (χ1v) is 7.31. The Morgan fingerprint density at radius 2 is 2.06 bits per heavy atom. The van der Waals surface area contributed by atoms with E-state index in [0.717, 1.165) is 28.8 Å². The van der Waals surface area contributed by atoms with Crippen LogP contribution in [-0.4, -0.2) is 16.5 Å². The zero-order valence-corrected chi connectivity index (χ0v) is 11.8. The Hall–Kier alpha value is -1.42. The fourth-order valence-corrected chi connectivity index (χ4v) is 2.46. The van der Waals surface area contributed by atoms with Gasteiger partial charge in [-0.05, 0) is 25.5 Å². The van der Waals surface area contributed by atoms with Crippen molar-refractivity contribution in [3.8, 4) is 11.4 Å². The maximum absolute atomic E-state index is 4.56. The van der Waals surface area contributed by atoms with E-state index >= 15 is 0 Å². The second-order valence-electron chi connectivity index (χ2n) is 4.34. The molecule has 2 heterocycles. The van der Waals surface area contributed by atoms with E-state index in [1.54, 1.807) is 11.3 Å². The Kier molecular flexibility index (Phi) is 4.70. The minimum Gasteiger partial charge on any atom is -0.362 e. The van der Waals surface area contributed by atoms with E-state index in [1.165, 1.54) is 19.3 Å². The Morgan fingerprint density at radius 1 is 1.17 bits per heavy atom. The van der Waals surface area contributed by atoms with Crippen molar-refractivity contribution in [2.75, 3.05) is 11.9 Å². The molecule has 18 heavy (non-hydrogen) atoms. The largest absolute Gasteiger partial charge is 0.362 e. The van der Waals surface area contributed by atoms with Gasteiger partial charge in [0.15, 0.2) is 5.13 Å². The summed E-state index contributed by atoms with van der Waals surface area (Å²) in [4.78, 5) is 9.05. The van der Waals surface area contributed by atoms with Gasteiger partial charge < -0.3 is 5.32 Å². The summed E-state index contributed by atoms with van der Waals surface area (Å²) in [6.07, 6.45) is 3.72. The average molecular weight is 261 g/mol. The Labute approximate surface area is 112 Å². The molecule has 2 aromatic heterocycles. The lowest BCUT2D eigenvalue weighted by molar-refractivity contribution is 0.743. The molecule has 1 N–H and O–H groups in total. The third-order valence-corrected chi connectivity index (χ3v) is 3.51. The summed E-state index contributed by atoms with van der Waals surface area (Å²) in [6, 6.07) is 6.02. The number of aromatic nitrogens is 2. The first-order chi connectivity index (χ1) is 8.79. The highest BCUT2D eigenvalue weighted by Gasteiger charge is 2.05. The molecule has 0 bridgehead atoms. The molecule has 0 aromatic carbocycles. The summed E-state index contributed by atoms with van der Waals surface area (Å²) in [7, 11) is 0. The van der Waals surface area contributed by atoms with Crippen LogP contribution in [0.3, 0.4) is 0 Å². The highest BCUT2D eigenvalue weighted by molar-refractivity contribution is 7.14. The fraction of sp³-hybridized carbons (Fsp3) is 0.429. The molecular formula is C14H19N3S. The summed E-state index contributed by atoms with van der Waals surface area (Å²) in [5.74, 6) is 0. The lowest BCUT2D eigenvalue weighted by Gasteiger charge is -2.00. The number of hydrogen-bond donors (Lipinski definition) is 1. The van der Waals surface area contributed by atoms with Crippen molar-refractivity contribution in [1.82, 2.24) is 9.97 Å². The molecule has 0 fully saturated rings. The monoisotopic (exact) mass is 261 g/mol. The highest BCUT2D eigenvalue weighted by Crippen LogP contribution is 2.23. The SMILES string of the molecule is CCCCCNc1nc(-c2cccc(C)n2)cs1. The number of hydrogen-bond acceptors (Lipinski definition) is 4. The average Bonchev–Trinajstić information content (AvgIpc) is 2.83. The van der Waals surface area contributed by atoms with Crippen molar-refractivity contribution in [3.63, 3.8) is 0 Å². The number of nitrogens with zero attached hydrogens (tertiary/aromatic N) is 2. The van der Waals surface area contributed by atoms with Crippen molar-refractivity contribution >= 4 is 16.5 Å². The van der Waals surface area contributed by atoms with Crippen LogP contribution in [0.2, 0.25) is 0 Å². The molecule has 0 spiro atoms. The molecule has 0 aliphatic heterocycles. The van der Waals surface area contributed by atoms with Gasteiger partial charge in [-0.3, -0.25) is 4.98 Å². The van der Waals surface area contributed by atoms with Gasteiger partial charge in [-0.1, -0.05) is 25.8 Å². The van der Waals surface area contributed by atoms with Crippen molar-refractivity contribution in [3.05, 3.63) is 29.3 Å². The van der Waals surface area contributed by atoms with Crippen molar-refractivity contribution in [1.29, 1.82) is 0 Å². The predicted molar refractivity (Wildman–Crippen MR) is 78.1 cm³/mol. The Balaban J connectivity index is 1.97. The standard InChI is InChI=1S/C14H19N3S/c1-3-4-5-9-15-14-17-13(10-18-14)12-8-6-7-11(2)16-12/h6-8,10H,3-5,9H2,1-2H3,(H,15,17). The zero-order valence-electron chi connectivity index (χ0n) is 10.9. The first-order valence-electron chi connectivity index (χ1n) is 6.43. The van der Waals surface area contributed by atoms with Crippen LogP contribution >= 0.6 is 11.3 Å². The molecule has 0 atom stereocenters. The summed E-state index contributed by atoms with van der Waals surface area (Å²) < 4.78 is 0. The Morgan fingerprint density at radius 3 is 2.83 bits per heavy atom. The molecule has 96 valence electrons. The van der Waals surface area contributed by atoms with Crippen molar-refractivity contribution in [2.24, 2.45) is 0 Å². The predicted octanol–water partition coefficient (Wildman–Crippen LogP) is 4.12. The third kappa shape index (κ3) is 3.53. The van der Waals surface area contributed by atoms with E-state index in [9.17, 15) is 0 Å². The number of aryl methyl sites for hydroxylation is 1. The number of unbranched alkanes of at least 4 members (excludes halogenated alkanes) is 2. The van der Waals surface area contributed by atoms with E-state index in [0.29, 0.717) is 0 Å². The van der Waals surface area contributed by atoms with Gasteiger partial charge in [0.1, 0.15) is 5.69 Å². The van der Waals surface area contributed by atoms with E-state index < -0.39 is 0 Å². The minimum atomic E-state index is 0.952. The minimum absolute atomic E-state index is 0.952. The number of anilines is 1. The summed E-state index contributed by atoms with van der Waals surface area (Å²) in [5.41, 5.74) is 2.94. The molecule has 2 aromatic rings. The lowest BCUT2D eigenvalue weighted by Crippen LogP contribution is -2.00. The second kappa shape index (κ2) is 6.50. The van der Waals surface area contributed by atoms with Gasteiger partial charge >= 0.3 is 0 Å². The smallest absolute Gasteiger partial charge is 0.183 e. The second-order valence-corrected chi connectivity index (χ2v) is 5.19. The molecule has 0 amide bonds. The van der Waals surface area contributed by atoms with Gasteiger partial charge in [0.25, 0.3) is 0 Å². The molecule has 3 nitrogen and oxygen atoms in total. The number of thiazole rings is 1. The molecule has 0 aliphatic rings. The van der Waals surface area contributed by atoms with Crippen LogP contribution in [0.1, 0.15) is 31.9 Å². The fourth-order valence-electron chi connectivity index (χ4n) is 1.73. The van der Waals surface area contributed by atoms with Crippen LogP contribution in [0.4, 0.5) is 5.13 Å². The topological polar surface area (TPSA) is 37.8 Å². The van der Waals surface area contributed by atoms with Gasteiger partial charge in [0, 0.05) is 17.6 Å². The van der Waals surface area contributed by atoms with Crippen LogP contribution in [0.15, 0.2) is 23.6 Å². The molecule has 4 heteroatoms. The van der Waals surface area contributed by atoms with Crippen molar-refractivity contribution in [2.45, 2.75) is 33.1 Å². The van der Waals surface area contributed by atoms with Crippen LogP contribution in [0.25, 0.3) is 11.4 Å². The lowest BCUT2D eigenvalue weighted by atomic mass is 10.2. The summed E-state index contributed by atoms with van der Waals surface area (Å²) >= 11 is 1.65. The number of nitrogens with one attached hydrogen (secondary N) is 1. The number of rotatable bonds is 6. The molecule has 0 radical (unpaired) electrons. The van der Waals surface area contributed by atoms with Crippen LogP contribution < -0.4 is 5.32 Å². The molecular weight excluding hydrogens is 242 g/mol. The van der Waals surface area contributed by atoms with Crippen LogP contribution in [0, 0.1) is 6.92 Å². The maximum Gasteiger partial charge on any atom is 0.183 e. The van der Waals surface area contributed by atoms with Gasteiger partial charge in [-0.15, -0.1) is 11.3 Å². The van der Waals surface area contributed by atoms with Gasteiger partial charge in [0.2, 0.25) is 0 Å². The summed E-state index contributed by atoms with van der Waals surface area (Å²) in [5, 5.41) is 6.41. The quantitative estimate of drug-likeness (QED) is 0.795. The van der Waals surface area contributed by atoms with Crippen LogP contribution in [-0.2, 0) is 0 Å². The van der Waals surface area contributed by atoms with Gasteiger partial charge in [0.05, 0.1) is 5.69 Å². The van der Waals surface area contributed by atoms with E-state index in [2.05, 4.69) is 27.6 Å². The zero-order chi connectivity index (χ0) is 12.8. The first kappa shape index (κ1) is 13.0. The van der Waals surface area contributed by atoms with Gasteiger partial charge in [-0.2, -0.15) is 0 Å². The van der Waals surface area contributed by atoms with E-state index in [1.807, 2.05) is 25.1 Å². The Bertz CT molecular complexity index is 493. The highest BCUT2D eigenvalue weighted by atomic mass is 32.1. The van der Waals surface area contributed by atoms with Crippen molar-refractivity contribution < 1.29 is 0 Å². The summed E-state index contributed by atoms with van der Waals surface area (Å²) in [6.45, 7) is 5.22. The molecule has 0 unspecified atom stereocenters. The molecule has 0 aliphatic carbocycles. The van der Waals surface area contributed by atoms with Gasteiger partial charge in [-0.25, -0.2) is 4.98 Å². The molecule has 0 saturated carbocycles. The van der Waals surface area contributed by atoms with Crippen LogP contribution in [0.5, 0.6) is 0 Å². The molecule has 2 rings (SSSR count). The van der Waals surface area contributed by atoms with E-state index in [4.69, 9.17) is 0 Å². The molecule has 0 saturated heterocycles. The maximum atomic E-state index is 4.56. The third-order valence-electron chi connectivity index (χ3n) is 2.71.